The predicted molar refractivity (Wildman–Crippen MR) is 73.3 cm³/mol. The quantitative estimate of drug-likeness (QED) is 0.788. The van der Waals surface area contributed by atoms with Gasteiger partial charge in [-0.15, -0.1) is 0 Å². The Morgan fingerprint density at radius 2 is 1.94 bits per heavy atom. The number of rotatable bonds is 6. The molecule has 0 aliphatic carbocycles. The second-order valence-corrected chi connectivity index (χ2v) is 5.78. The van der Waals surface area contributed by atoms with Crippen LogP contribution in [0.15, 0.2) is 0 Å². The van der Waals surface area contributed by atoms with Gasteiger partial charge in [-0.1, -0.05) is 13.8 Å². The van der Waals surface area contributed by atoms with Gasteiger partial charge in [0, 0.05) is 19.1 Å². The van der Waals surface area contributed by atoms with Crippen molar-refractivity contribution in [3.05, 3.63) is 0 Å². The zero-order valence-corrected chi connectivity index (χ0v) is 12.0. The first-order valence-electron chi connectivity index (χ1n) is 7.14. The van der Waals surface area contributed by atoms with Crippen molar-refractivity contribution >= 4 is 5.91 Å². The molecule has 0 aromatic carbocycles. The Bertz CT molecular complexity index is 248. The molecule has 2 N–H and O–H groups in total. The minimum absolute atomic E-state index is 0.207. The van der Waals surface area contributed by atoms with Gasteiger partial charge in [0.15, 0.2) is 0 Å². The van der Waals surface area contributed by atoms with E-state index in [0.717, 1.165) is 32.4 Å². The summed E-state index contributed by atoms with van der Waals surface area (Å²) in [6.07, 6.45) is 3.64. The Morgan fingerprint density at radius 1 is 1.33 bits per heavy atom. The highest BCUT2D eigenvalue weighted by Gasteiger charge is 2.20. The fourth-order valence-electron chi connectivity index (χ4n) is 2.39. The van der Waals surface area contributed by atoms with Crippen LogP contribution in [0.2, 0.25) is 0 Å². The summed E-state index contributed by atoms with van der Waals surface area (Å²) in [6.45, 7) is 8.59. The maximum Gasteiger partial charge on any atom is 0.224 e. The van der Waals surface area contributed by atoms with E-state index >= 15 is 0 Å². The summed E-state index contributed by atoms with van der Waals surface area (Å²) in [4.78, 5) is 13.8. The Labute approximate surface area is 111 Å². The topological polar surface area (TPSA) is 55.6 Å². The fourth-order valence-corrected chi connectivity index (χ4v) is 2.39. The van der Waals surface area contributed by atoms with Crippen LogP contribution in [0.25, 0.3) is 0 Å². The van der Waals surface area contributed by atoms with Crippen molar-refractivity contribution in [2.24, 2.45) is 11.7 Å². The number of hydrogen-bond acceptors (Lipinski definition) is 3. The molecular weight excluding hydrogens is 228 g/mol. The molecule has 0 aromatic heterocycles. The van der Waals surface area contributed by atoms with Crippen molar-refractivity contribution in [3.63, 3.8) is 0 Å². The van der Waals surface area contributed by atoms with Crippen LogP contribution in [0, 0.1) is 5.92 Å². The molecule has 0 saturated carbocycles. The monoisotopic (exact) mass is 256 g/mol. The van der Waals surface area contributed by atoms with Gasteiger partial charge in [-0.3, -0.25) is 4.79 Å². The zero-order chi connectivity index (χ0) is 13.5. The number of amides is 1. The van der Waals surface area contributed by atoms with Crippen LogP contribution in [0.3, 0.4) is 0 Å². The van der Waals surface area contributed by atoms with Crippen LogP contribution in [-0.4, -0.2) is 42.6 Å². The SMILES string of the molecule is CC(C)CC(C)OCCC(=O)N1CCC(N)CC1. The van der Waals surface area contributed by atoms with Crippen molar-refractivity contribution < 1.29 is 9.53 Å². The minimum Gasteiger partial charge on any atom is -0.378 e. The van der Waals surface area contributed by atoms with Crippen LogP contribution >= 0.6 is 0 Å². The molecule has 1 fully saturated rings. The molecule has 1 saturated heterocycles. The largest absolute Gasteiger partial charge is 0.378 e. The molecule has 18 heavy (non-hydrogen) atoms. The van der Waals surface area contributed by atoms with Crippen molar-refractivity contribution in [3.8, 4) is 0 Å². The molecule has 4 nitrogen and oxygen atoms in total. The first-order chi connectivity index (χ1) is 8.49. The molecule has 0 spiro atoms. The maximum absolute atomic E-state index is 11.9. The highest BCUT2D eigenvalue weighted by atomic mass is 16.5. The maximum atomic E-state index is 11.9. The second kappa shape index (κ2) is 7.74. The predicted octanol–water partition coefficient (Wildman–Crippen LogP) is 1.78. The smallest absolute Gasteiger partial charge is 0.224 e. The van der Waals surface area contributed by atoms with E-state index in [2.05, 4.69) is 20.8 Å². The third-order valence-electron chi connectivity index (χ3n) is 3.41. The van der Waals surface area contributed by atoms with Crippen molar-refractivity contribution in [2.75, 3.05) is 19.7 Å². The summed E-state index contributed by atoms with van der Waals surface area (Å²) in [5.41, 5.74) is 5.82. The normalized spacial score (nSPS) is 19.3. The molecule has 4 heteroatoms. The standard InChI is InChI=1S/C14H28N2O2/c1-11(2)10-12(3)18-9-6-14(17)16-7-4-13(15)5-8-16/h11-13H,4-10,15H2,1-3H3. The molecule has 1 unspecified atom stereocenters. The van der Waals surface area contributed by atoms with Crippen molar-refractivity contribution in [2.45, 2.75) is 58.6 Å². The van der Waals surface area contributed by atoms with E-state index in [9.17, 15) is 4.79 Å². The average molecular weight is 256 g/mol. The van der Waals surface area contributed by atoms with E-state index in [1.165, 1.54) is 0 Å². The van der Waals surface area contributed by atoms with E-state index in [1.807, 2.05) is 4.90 Å². The summed E-state index contributed by atoms with van der Waals surface area (Å²) in [5.74, 6) is 0.845. The summed E-state index contributed by atoms with van der Waals surface area (Å²) in [6, 6.07) is 0.274. The van der Waals surface area contributed by atoms with Gasteiger partial charge < -0.3 is 15.4 Å². The number of piperidine rings is 1. The number of nitrogens with zero attached hydrogens (tertiary/aromatic N) is 1. The van der Waals surface area contributed by atoms with Gasteiger partial charge in [0.25, 0.3) is 0 Å². The average Bonchev–Trinajstić information content (AvgIpc) is 2.28. The molecule has 1 aliphatic rings. The van der Waals surface area contributed by atoms with Gasteiger partial charge in [-0.2, -0.15) is 0 Å². The van der Waals surface area contributed by atoms with Gasteiger partial charge >= 0.3 is 0 Å². The third-order valence-corrected chi connectivity index (χ3v) is 3.41. The molecular formula is C14H28N2O2. The highest BCUT2D eigenvalue weighted by Crippen LogP contribution is 2.11. The van der Waals surface area contributed by atoms with Crippen LogP contribution in [0.5, 0.6) is 0 Å². The molecule has 0 radical (unpaired) electrons. The van der Waals surface area contributed by atoms with Gasteiger partial charge in [0.1, 0.15) is 0 Å². The molecule has 0 aromatic rings. The van der Waals surface area contributed by atoms with Gasteiger partial charge in [-0.25, -0.2) is 0 Å². The molecule has 1 aliphatic heterocycles. The Hall–Kier alpha value is -0.610. The fraction of sp³-hybridized carbons (Fsp3) is 0.929. The van der Waals surface area contributed by atoms with Crippen LogP contribution < -0.4 is 5.73 Å². The van der Waals surface area contributed by atoms with E-state index in [0.29, 0.717) is 18.9 Å². The first kappa shape index (κ1) is 15.4. The Kier molecular flexibility index (Phi) is 6.65. The van der Waals surface area contributed by atoms with Gasteiger partial charge in [0.05, 0.1) is 19.1 Å². The molecule has 1 rings (SSSR count). The number of ether oxygens (including phenoxy) is 1. The van der Waals surface area contributed by atoms with Gasteiger partial charge in [0.2, 0.25) is 5.91 Å². The van der Waals surface area contributed by atoms with Crippen molar-refractivity contribution in [1.29, 1.82) is 0 Å². The number of likely N-dealkylation sites (tertiary alicyclic amines) is 1. The van der Waals surface area contributed by atoms with E-state index in [-0.39, 0.29) is 18.1 Å². The number of carbonyl (C=O) groups excluding carboxylic acids is 1. The summed E-state index contributed by atoms with van der Waals surface area (Å²) in [5, 5.41) is 0. The Balaban J connectivity index is 2.13. The number of carbonyl (C=O) groups is 1. The molecule has 1 atom stereocenters. The summed E-state index contributed by atoms with van der Waals surface area (Å²) >= 11 is 0. The first-order valence-corrected chi connectivity index (χ1v) is 7.14. The lowest BCUT2D eigenvalue weighted by molar-refractivity contribution is -0.133. The lowest BCUT2D eigenvalue weighted by Gasteiger charge is -2.30. The van der Waals surface area contributed by atoms with E-state index in [1.54, 1.807) is 0 Å². The molecule has 1 amide bonds. The minimum atomic E-state index is 0.207. The van der Waals surface area contributed by atoms with Gasteiger partial charge in [-0.05, 0) is 32.1 Å². The van der Waals surface area contributed by atoms with Crippen LogP contribution in [-0.2, 0) is 9.53 Å². The highest BCUT2D eigenvalue weighted by molar-refractivity contribution is 5.76. The molecule has 1 heterocycles. The molecule has 106 valence electrons. The van der Waals surface area contributed by atoms with E-state index < -0.39 is 0 Å². The summed E-state index contributed by atoms with van der Waals surface area (Å²) in [7, 11) is 0. The van der Waals surface area contributed by atoms with Crippen molar-refractivity contribution in [1.82, 2.24) is 4.90 Å². The number of nitrogens with two attached hydrogens (primary N) is 1. The second-order valence-electron chi connectivity index (χ2n) is 5.78. The third kappa shape index (κ3) is 5.83. The van der Waals surface area contributed by atoms with Crippen LogP contribution in [0.4, 0.5) is 0 Å². The summed E-state index contributed by atoms with van der Waals surface area (Å²) < 4.78 is 5.66. The molecule has 0 bridgehead atoms. The zero-order valence-electron chi connectivity index (χ0n) is 12.0. The lowest BCUT2D eigenvalue weighted by atomic mass is 10.1. The van der Waals surface area contributed by atoms with Crippen LogP contribution in [0.1, 0.15) is 46.5 Å². The lowest BCUT2D eigenvalue weighted by Crippen LogP contribution is -2.43. The number of hydrogen-bond donors (Lipinski definition) is 1. The Morgan fingerprint density at radius 3 is 2.50 bits per heavy atom. The van der Waals surface area contributed by atoms with E-state index in [4.69, 9.17) is 10.5 Å².